The Morgan fingerprint density at radius 2 is 1.96 bits per heavy atom. The molecule has 0 aromatic heterocycles. The minimum Gasteiger partial charge on any atom is -0.493 e. The number of rotatable bonds is 8. The lowest BCUT2D eigenvalue weighted by molar-refractivity contribution is -0.120. The van der Waals surface area contributed by atoms with Crippen molar-refractivity contribution in [2.24, 2.45) is 0 Å². The van der Waals surface area contributed by atoms with Crippen LogP contribution in [0, 0.1) is 0 Å². The molecule has 0 aliphatic heterocycles. The first-order valence-electron chi connectivity index (χ1n) is 7.08. The second kappa shape index (κ2) is 9.47. The first kappa shape index (κ1) is 18.5. The van der Waals surface area contributed by atoms with Crippen LogP contribution in [-0.4, -0.2) is 51.2 Å². The monoisotopic (exact) mass is 321 g/mol. The Labute approximate surface area is 136 Å². The number of imide groups is 1. The summed E-state index contributed by atoms with van der Waals surface area (Å²) in [7, 11) is 4.93. The lowest BCUT2D eigenvalue weighted by Crippen LogP contribution is -2.43. The molecule has 0 spiro atoms. The summed E-state index contributed by atoms with van der Waals surface area (Å²) >= 11 is 0. The smallest absolute Gasteiger partial charge is 0.321 e. The number of methoxy groups -OCH3 is 2. The van der Waals surface area contributed by atoms with Gasteiger partial charge in [-0.2, -0.15) is 0 Å². The molecule has 0 saturated heterocycles. The molecule has 1 aromatic rings. The molecule has 0 bridgehead atoms. The number of benzene rings is 1. The van der Waals surface area contributed by atoms with Gasteiger partial charge in [0.1, 0.15) is 0 Å². The Bertz CT molecular complexity index is 560. The van der Waals surface area contributed by atoms with E-state index in [0.29, 0.717) is 24.6 Å². The zero-order valence-corrected chi connectivity index (χ0v) is 13.7. The van der Waals surface area contributed by atoms with Crippen molar-refractivity contribution >= 4 is 11.9 Å². The minimum absolute atomic E-state index is 0.0931. The maximum atomic E-state index is 11.8. The van der Waals surface area contributed by atoms with Gasteiger partial charge in [-0.15, -0.1) is 6.58 Å². The SMILES string of the molecule is C=CCNC(=O)NC(=O)CN(C)Cc1ccc(OC)c(OC)c1. The molecule has 0 aliphatic carbocycles. The van der Waals surface area contributed by atoms with Gasteiger partial charge in [0.05, 0.1) is 20.8 Å². The predicted octanol–water partition coefficient (Wildman–Crippen LogP) is 1.15. The first-order valence-corrected chi connectivity index (χ1v) is 7.08. The number of likely N-dealkylation sites (N-methyl/N-ethyl adjacent to an activating group) is 1. The summed E-state index contributed by atoms with van der Waals surface area (Å²) in [5.74, 6) is 0.900. The first-order chi connectivity index (χ1) is 11.0. The van der Waals surface area contributed by atoms with Crippen molar-refractivity contribution in [2.45, 2.75) is 6.54 Å². The predicted molar refractivity (Wildman–Crippen MR) is 87.6 cm³/mol. The van der Waals surface area contributed by atoms with E-state index < -0.39 is 6.03 Å². The molecule has 0 aliphatic rings. The van der Waals surface area contributed by atoms with Crippen LogP contribution in [0.5, 0.6) is 11.5 Å². The molecule has 0 unspecified atom stereocenters. The van der Waals surface area contributed by atoms with E-state index in [-0.39, 0.29) is 12.5 Å². The molecular formula is C16H23N3O4. The number of ether oxygens (including phenoxy) is 2. The zero-order valence-electron chi connectivity index (χ0n) is 13.7. The maximum absolute atomic E-state index is 11.8. The molecule has 1 rings (SSSR count). The molecule has 23 heavy (non-hydrogen) atoms. The number of nitrogens with one attached hydrogen (secondary N) is 2. The second-order valence-electron chi connectivity index (χ2n) is 4.91. The van der Waals surface area contributed by atoms with Crippen LogP contribution >= 0.6 is 0 Å². The topological polar surface area (TPSA) is 79.9 Å². The quantitative estimate of drug-likeness (QED) is 0.702. The maximum Gasteiger partial charge on any atom is 0.321 e. The summed E-state index contributed by atoms with van der Waals surface area (Å²) < 4.78 is 10.4. The molecule has 0 atom stereocenters. The van der Waals surface area contributed by atoms with Gasteiger partial charge in [0, 0.05) is 13.1 Å². The molecule has 0 fully saturated rings. The highest BCUT2D eigenvalue weighted by Crippen LogP contribution is 2.27. The Kier molecular flexibility index (Phi) is 7.62. The fraction of sp³-hybridized carbons (Fsp3) is 0.375. The largest absolute Gasteiger partial charge is 0.493 e. The molecule has 2 N–H and O–H groups in total. The normalized spacial score (nSPS) is 10.1. The fourth-order valence-corrected chi connectivity index (χ4v) is 1.97. The van der Waals surface area contributed by atoms with Crippen LogP contribution in [0.4, 0.5) is 4.79 Å². The van der Waals surface area contributed by atoms with Crippen LogP contribution in [0.15, 0.2) is 30.9 Å². The van der Waals surface area contributed by atoms with E-state index in [9.17, 15) is 9.59 Å². The number of carbonyl (C=O) groups is 2. The average molecular weight is 321 g/mol. The van der Waals surface area contributed by atoms with Crippen LogP contribution < -0.4 is 20.1 Å². The van der Waals surface area contributed by atoms with Crippen LogP contribution in [-0.2, 0) is 11.3 Å². The Hall–Kier alpha value is -2.54. The summed E-state index contributed by atoms with van der Waals surface area (Å²) in [5.41, 5.74) is 0.967. The van der Waals surface area contributed by atoms with E-state index >= 15 is 0 Å². The van der Waals surface area contributed by atoms with E-state index in [1.165, 1.54) is 6.08 Å². The molecule has 0 heterocycles. The van der Waals surface area contributed by atoms with Crippen molar-refractivity contribution in [2.75, 3.05) is 34.4 Å². The van der Waals surface area contributed by atoms with Crippen LogP contribution in [0.1, 0.15) is 5.56 Å². The molecule has 0 saturated carbocycles. The number of amides is 3. The highest BCUT2D eigenvalue weighted by atomic mass is 16.5. The number of carbonyl (C=O) groups excluding carboxylic acids is 2. The van der Waals surface area contributed by atoms with Crippen molar-refractivity contribution in [3.05, 3.63) is 36.4 Å². The summed E-state index contributed by atoms with van der Waals surface area (Å²) in [6.45, 7) is 4.41. The minimum atomic E-state index is -0.533. The fourth-order valence-electron chi connectivity index (χ4n) is 1.97. The van der Waals surface area contributed by atoms with Crippen LogP contribution in [0.2, 0.25) is 0 Å². The number of hydrogen-bond acceptors (Lipinski definition) is 5. The van der Waals surface area contributed by atoms with Gasteiger partial charge in [0.2, 0.25) is 5.91 Å². The van der Waals surface area contributed by atoms with Crippen LogP contribution in [0.25, 0.3) is 0 Å². The molecule has 1 aromatic carbocycles. The van der Waals surface area contributed by atoms with E-state index in [0.717, 1.165) is 5.56 Å². The lowest BCUT2D eigenvalue weighted by Gasteiger charge is -2.17. The van der Waals surface area contributed by atoms with Crippen molar-refractivity contribution in [3.8, 4) is 11.5 Å². The summed E-state index contributed by atoms with van der Waals surface area (Å²) in [4.78, 5) is 24.9. The van der Waals surface area contributed by atoms with E-state index in [1.807, 2.05) is 18.2 Å². The second-order valence-corrected chi connectivity index (χ2v) is 4.91. The lowest BCUT2D eigenvalue weighted by atomic mass is 10.2. The molecule has 7 nitrogen and oxygen atoms in total. The Balaban J connectivity index is 2.52. The molecule has 7 heteroatoms. The summed E-state index contributed by atoms with van der Waals surface area (Å²) in [6.07, 6.45) is 1.53. The van der Waals surface area contributed by atoms with Gasteiger partial charge in [-0.3, -0.25) is 15.0 Å². The molecule has 126 valence electrons. The van der Waals surface area contributed by atoms with Gasteiger partial charge < -0.3 is 14.8 Å². The molecular weight excluding hydrogens is 298 g/mol. The van der Waals surface area contributed by atoms with Crippen molar-refractivity contribution in [3.63, 3.8) is 0 Å². The van der Waals surface area contributed by atoms with Gasteiger partial charge in [-0.25, -0.2) is 4.79 Å². The standard InChI is InChI=1S/C16H23N3O4/c1-5-8-17-16(21)18-15(20)11-19(2)10-12-6-7-13(22-3)14(9-12)23-4/h5-7,9H,1,8,10-11H2,2-4H3,(H2,17,18,20,21). The van der Waals surface area contributed by atoms with E-state index in [2.05, 4.69) is 17.2 Å². The van der Waals surface area contributed by atoms with Gasteiger partial charge in [-0.1, -0.05) is 12.1 Å². The average Bonchev–Trinajstić information content (AvgIpc) is 2.52. The third-order valence-electron chi connectivity index (χ3n) is 2.97. The third-order valence-corrected chi connectivity index (χ3v) is 2.97. The highest BCUT2D eigenvalue weighted by Gasteiger charge is 2.11. The van der Waals surface area contributed by atoms with Gasteiger partial charge in [-0.05, 0) is 24.7 Å². The Morgan fingerprint density at radius 3 is 2.57 bits per heavy atom. The third kappa shape index (κ3) is 6.39. The van der Waals surface area contributed by atoms with Crippen molar-refractivity contribution in [1.29, 1.82) is 0 Å². The van der Waals surface area contributed by atoms with Crippen molar-refractivity contribution in [1.82, 2.24) is 15.5 Å². The Morgan fingerprint density at radius 1 is 1.26 bits per heavy atom. The highest BCUT2D eigenvalue weighted by molar-refractivity contribution is 5.95. The molecule has 3 amide bonds. The number of urea groups is 1. The van der Waals surface area contributed by atoms with Crippen molar-refractivity contribution < 1.29 is 19.1 Å². The summed E-state index contributed by atoms with van der Waals surface area (Å²) in [6, 6.07) is 5.02. The number of nitrogens with zero attached hydrogens (tertiary/aromatic N) is 1. The number of hydrogen-bond donors (Lipinski definition) is 2. The van der Waals surface area contributed by atoms with Crippen LogP contribution in [0.3, 0.4) is 0 Å². The van der Waals surface area contributed by atoms with Gasteiger partial charge >= 0.3 is 6.03 Å². The van der Waals surface area contributed by atoms with Gasteiger partial charge in [0.25, 0.3) is 0 Å². The van der Waals surface area contributed by atoms with E-state index in [1.54, 1.807) is 26.2 Å². The zero-order chi connectivity index (χ0) is 17.2. The molecule has 0 radical (unpaired) electrons. The van der Waals surface area contributed by atoms with E-state index in [4.69, 9.17) is 9.47 Å². The van der Waals surface area contributed by atoms with Gasteiger partial charge in [0.15, 0.2) is 11.5 Å². The summed E-state index contributed by atoms with van der Waals surface area (Å²) in [5, 5.41) is 4.73.